The van der Waals surface area contributed by atoms with Gasteiger partial charge in [0, 0.05) is 35.7 Å². The number of anilines is 2. The van der Waals surface area contributed by atoms with E-state index in [0.29, 0.717) is 16.9 Å². The number of fused-ring (bicyclic) bond motifs is 4. The number of phenolic OH excluding ortho intramolecular Hbond substituents is 1. The van der Waals surface area contributed by atoms with Crippen LogP contribution < -0.4 is 14.5 Å². The number of carbonyl (C=O) groups excluding carboxylic acids is 4. The Morgan fingerprint density at radius 1 is 0.745 bits per heavy atom. The largest absolute Gasteiger partial charge is 0.508 e. The van der Waals surface area contributed by atoms with Crippen molar-refractivity contribution in [3.05, 3.63) is 104 Å². The quantitative estimate of drug-likeness (QED) is 0.177. The van der Waals surface area contributed by atoms with Crippen LogP contribution in [-0.2, 0) is 19.2 Å². The van der Waals surface area contributed by atoms with Crippen molar-refractivity contribution in [1.29, 1.82) is 0 Å². The maximum Gasteiger partial charge on any atom is 0.271 e. The van der Waals surface area contributed by atoms with Crippen molar-refractivity contribution in [2.75, 3.05) is 16.9 Å². The Kier molecular flexibility index (Phi) is 6.88. The summed E-state index contributed by atoms with van der Waals surface area (Å²) in [6, 6.07) is 14.9. The first-order valence-electron chi connectivity index (χ1n) is 14.8. The number of phenols is 1. The molecule has 3 fully saturated rings. The number of hydrogen-bond donors (Lipinski definition) is 1. The van der Waals surface area contributed by atoms with Crippen molar-refractivity contribution in [3.8, 4) is 11.5 Å². The highest BCUT2D eigenvalue weighted by molar-refractivity contribution is 6.24. The van der Waals surface area contributed by atoms with Gasteiger partial charge >= 0.3 is 0 Å². The summed E-state index contributed by atoms with van der Waals surface area (Å²) in [5.41, 5.74) is 0.390. The van der Waals surface area contributed by atoms with Gasteiger partial charge in [0.1, 0.15) is 11.5 Å². The first kappa shape index (κ1) is 29.8. The molecule has 0 radical (unpaired) electrons. The van der Waals surface area contributed by atoms with Crippen molar-refractivity contribution >= 4 is 46.4 Å². The van der Waals surface area contributed by atoms with Crippen LogP contribution in [0.2, 0.25) is 0 Å². The van der Waals surface area contributed by atoms with Gasteiger partial charge in [0.25, 0.3) is 11.4 Å². The summed E-state index contributed by atoms with van der Waals surface area (Å²) in [6.07, 6.45) is 1.94. The number of imide groups is 2. The molecule has 1 N–H and O–H groups in total. The first-order valence-corrected chi connectivity index (χ1v) is 14.8. The lowest BCUT2D eigenvalue weighted by Crippen LogP contribution is -2.43. The van der Waals surface area contributed by atoms with Gasteiger partial charge in [-0.3, -0.25) is 39.4 Å². The Bertz CT molecular complexity index is 1960. The average molecular weight is 639 g/mol. The summed E-state index contributed by atoms with van der Waals surface area (Å²) in [5, 5.41) is 34.1. The van der Waals surface area contributed by atoms with E-state index < -0.39 is 69.0 Å². The molecular weight excluding hydrogens is 612 g/mol. The van der Waals surface area contributed by atoms with Crippen LogP contribution in [0.4, 0.5) is 22.7 Å². The Balaban J connectivity index is 1.34. The lowest BCUT2D eigenvalue weighted by molar-refractivity contribution is -0.385. The lowest BCUT2D eigenvalue weighted by atomic mass is 9.57. The van der Waals surface area contributed by atoms with Gasteiger partial charge in [0.05, 0.1) is 52.0 Å². The van der Waals surface area contributed by atoms with Gasteiger partial charge < -0.3 is 9.84 Å². The summed E-state index contributed by atoms with van der Waals surface area (Å²) in [5.74, 6) is -7.48. The Morgan fingerprint density at radius 3 is 1.89 bits per heavy atom. The highest BCUT2D eigenvalue weighted by Gasteiger charge is 2.62. The number of amides is 4. The molecule has 0 unspecified atom stereocenters. The van der Waals surface area contributed by atoms with Crippen LogP contribution in [0.3, 0.4) is 0 Å². The van der Waals surface area contributed by atoms with Crippen molar-refractivity contribution in [2.45, 2.75) is 18.8 Å². The second-order valence-corrected chi connectivity index (χ2v) is 12.0. The zero-order valence-electron chi connectivity index (χ0n) is 24.7. The number of hydrogen-bond acceptors (Lipinski definition) is 10. The predicted octanol–water partition coefficient (Wildman–Crippen LogP) is 4.26. The van der Waals surface area contributed by atoms with Gasteiger partial charge in [-0.1, -0.05) is 23.8 Å². The van der Waals surface area contributed by atoms with E-state index in [-0.39, 0.29) is 41.3 Å². The smallest absolute Gasteiger partial charge is 0.271 e. The fraction of sp³-hybridized carbons (Fsp3) is 0.273. The van der Waals surface area contributed by atoms with E-state index in [9.17, 15) is 44.5 Å². The molecule has 4 amide bonds. The molecule has 0 aromatic heterocycles. The van der Waals surface area contributed by atoms with E-state index in [4.69, 9.17) is 4.74 Å². The first-order chi connectivity index (χ1) is 22.5. The number of non-ortho nitro benzene ring substituents is 2. The molecule has 238 valence electrons. The maximum atomic E-state index is 14.2. The van der Waals surface area contributed by atoms with Gasteiger partial charge in [-0.25, -0.2) is 9.80 Å². The molecule has 2 aliphatic heterocycles. The number of rotatable bonds is 6. The van der Waals surface area contributed by atoms with Crippen molar-refractivity contribution in [1.82, 2.24) is 0 Å². The van der Waals surface area contributed by atoms with Crippen LogP contribution in [0.15, 0.2) is 78.4 Å². The van der Waals surface area contributed by atoms with Crippen molar-refractivity contribution in [3.63, 3.8) is 0 Å². The number of nitro benzene ring substituents is 2. The number of nitro groups is 2. The molecule has 14 heteroatoms. The Labute approximate surface area is 266 Å². The van der Waals surface area contributed by atoms with Crippen LogP contribution in [0.5, 0.6) is 11.5 Å². The zero-order chi connectivity index (χ0) is 33.3. The minimum Gasteiger partial charge on any atom is -0.508 e. The van der Waals surface area contributed by atoms with Crippen molar-refractivity contribution < 1.29 is 38.9 Å². The predicted molar refractivity (Wildman–Crippen MR) is 163 cm³/mol. The molecular formula is C33H26N4O10. The minimum absolute atomic E-state index is 0.0241. The number of carbonyl (C=O) groups is 4. The molecule has 47 heavy (non-hydrogen) atoms. The van der Waals surface area contributed by atoms with Gasteiger partial charge in [-0.05, 0) is 49.1 Å². The molecule has 4 aliphatic rings. The Morgan fingerprint density at radius 2 is 1.32 bits per heavy atom. The molecule has 3 aromatic rings. The minimum atomic E-state index is -1.03. The fourth-order valence-corrected chi connectivity index (χ4v) is 7.85. The van der Waals surface area contributed by atoms with Crippen LogP contribution in [-0.4, -0.2) is 45.7 Å². The monoisotopic (exact) mass is 638 g/mol. The average Bonchev–Trinajstić information content (AvgIpc) is 3.47. The molecule has 2 aliphatic carbocycles. The fourth-order valence-electron chi connectivity index (χ4n) is 7.85. The highest BCUT2D eigenvalue weighted by Crippen LogP contribution is 2.59. The van der Waals surface area contributed by atoms with Crippen LogP contribution in [0.1, 0.15) is 24.3 Å². The summed E-state index contributed by atoms with van der Waals surface area (Å²) in [6.45, 7) is 0. The molecule has 3 aromatic carbocycles. The summed E-state index contributed by atoms with van der Waals surface area (Å²) in [7, 11) is 1.44. The third-order valence-electron chi connectivity index (χ3n) is 9.82. The van der Waals surface area contributed by atoms with Crippen molar-refractivity contribution in [2.24, 2.45) is 29.6 Å². The standard InChI is InChI=1S/C33H26N4O10/c1-47-20-8-11-26(38)24(14-20)27-21-9-10-22-28(32(41)34(30(22)39)16-4-2-6-18(12-16)36(43)44)23(21)15-25-29(27)33(42)35(31(25)40)17-5-3-7-19(13-17)37(45)46/h2-9,11-14,22-23,25,27-29,38H,10,15H2,1H3/t22-,23+,25+,27+,28-,29+/m0/s1. The molecule has 0 bridgehead atoms. The number of benzene rings is 3. The van der Waals surface area contributed by atoms with E-state index in [1.807, 2.05) is 0 Å². The number of aromatic hydroxyl groups is 1. The second-order valence-electron chi connectivity index (χ2n) is 12.0. The molecule has 2 saturated heterocycles. The number of methoxy groups -OCH3 is 1. The third kappa shape index (κ3) is 4.47. The highest BCUT2D eigenvalue weighted by atomic mass is 16.6. The van der Waals surface area contributed by atoms with Gasteiger partial charge in [0.15, 0.2) is 0 Å². The molecule has 6 atom stereocenters. The van der Waals surface area contributed by atoms with Crippen LogP contribution in [0.25, 0.3) is 0 Å². The SMILES string of the molecule is COc1ccc(O)c([C@H]2C3=CC[C@@H]4C(=O)N(c5cccc([N+](=O)[O-])c5)C(=O)[C@@H]4[C@@H]3C[C@H]3C(=O)N(c4cccc([N+](=O)[O-])c4)C(=O)[C@@H]23)c1. The summed E-state index contributed by atoms with van der Waals surface area (Å²) < 4.78 is 5.40. The van der Waals surface area contributed by atoms with E-state index in [2.05, 4.69) is 0 Å². The van der Waals surface area contributed by atoms with E-state index in [1.165, 1.54) is 55.6 Å². The third-order valence-corrected chi connectivity index (χ3v) is 9.82. The van der Waals surface area contributed by atoms with Gasteiger partial charge in [-0.15, -0.1) is 0 Å². The van der Waals surface area contributed by atoms with Crippen LogP contribution >= 0.6 is 0 Å². The number of ether oxygens (including phenoxy) is 1. The number of nitrogens with zero attached hydrogens (tertiary/aromatic N) is 4. The summed E-state index contributed by atoms with van der Waals surface area (Å²) >= 11 is 0. The molecule has 7 rings (SSSR count). The van der Waals surface area contributed by atoms with Gasteiger partial charge in [-0.2, -0.15) is 0 Å². The normalized spacial score (nSPS) is 26.4. The maximum absolute atomic E-state index is 14.2. The van der Waals surface area contributed by atoms with Gasteiger partial charge in [0.2, 0.25) is 23.6 Å². The zero-order valence-corrected chi connectivity index (χ0v) is 24.7. The van der Waals surface area contributed by atoms with Crippen LogP contribution in [0, 0.1) is 49.8 Å². The van der Waals surface area contributed by atoms with E-state index >= 15 is 0 Å². The lowest BCUT2D eigenvalue weighted by Gasteiger charge is -2.44. The Hall–Kier alpha value is -5.92. The number of allylic oxidation sites excluding steroid dienone is 2. The topological polar surface area (TPSA) is 190 Å². The van der Waals surface area contributed by atoms with E-state index in [0.717, 1.165) is 21.9 Å². The molecule has 2 heterocycles. The molecule has 14 nitrogen and oxygen atoms in total. The van der Waals surface area contributed by atoms with E-state index in [1.54, 1.807) is 12.1 Å². The molecule has 0 spiro atoms. The second kappa shape index (κ2) is 10.9. The molecule has 1 saturated carbocycles. The summed E-state index contributed by atoms with van der Waals surface area (Å²) in [4.78, 5) is 79.8.